The first kappa shape index (κ1) is 10.7. The minimum atomic E-state index is 0.0763. The summed E-state index contributed by atoms with van der Waals surface area (Å²) >= 11 is 8.11. The first-order valence-electron chi connectivity index (χ1n) is 4.84. The van der Waals surface area contributed by atoms with E-state index < -0.39 is 0 Å². The van der Waals surface area contributed by atoms with Crippen molar-refractivity contribution in [2.75, 3.05) is 0 Å². The van der Waals surface area contributed by atoms with E-state index in [1.807, 2.05) is 12.1 Å². The van der Waals surface area contributed by atoms with E-state index in [-0.39, 0.29) is 5.38 Å². The molecule has 0 aliphatic heterocycles. The van der Waals surface area contributed by atoms with Gasteiger partial charge in [-0.25, -0.2) is 0 Å². The van der Waals surface area contributed by atoms with Crippen LogP contribution in [-0.4, -0.2) is 4.98 Å². The Balaban J connectivity index is 2.11. The van der Waals surface area contributed by atoms with Crippen LogP contribution in [0.4, 0.5) is 0 Å². The zero-order valence-corrected chi connectivity index (χ0v) is 10.1. The van der Waals surface area contributed by atoms with Crippen LogP contribution in [0.15, 0.2) is 36.0 Å². The minimum absolute atomic E-state index is 0.0763. The highest BCUT2D eigenvalue weighted by atomic mass is 35.5. The molecule has 0 aliphatic carbocycles. The monoisotopic (exact) mass is 237 g/mol. The van der Waals surface area contributed by atoms with Crippen molar-refractivity contribution >= 4 is 22.9 Å². The maximum atomic E-state index is 6.38. The summed E-state index contributed by atoms with van der Waals surface area (Å²) in [6.45, 7) is 2.10. The molecule has 0 N–H and O–H groups in total. The maximum absolute atomic E-state index is 6.38. The lowest BCUT2D eigenvalue weighted by Crippen LogP contribution is -1.95. The molecule has 0 amide bonds. The third-order valence-electron chi connectivity index (χ3n) is 2.35. The molecule has 2 aromatic rings. The van der Waals surface area contributed by atoms with Crippen LogP contribution in [0.5, 0.6) is 0 Å². The number of thiophene rings is 1. The van der Waals surface area contributed by atoms with Crippen LogP contribution in [0.3, 0.4) is 0 Å². The van der Waals surface area contributed by atoms with Crippen LogP contribution in [0.2, 0.25) is 0 Å². The molecule has 0 spiro atoms. The first-order valence-corrected chi connectivity index (χ1v) is 6.16. The fraction of sp³-hybridized carbons (Fsp3) is 0.250. The second-order valence-corrected chi connectivity index (χ2v) is 4.97. The van der Waals surface area contributed by atoms with E-state index in [1.165, 1.54) is 16.0 Å². The standard InChI is InChI=1S/C12H12ClNS/c1-9-4-7-15-12(9)11(13)8-10-2-5-14-6-3-10/h2-7,11H,8H2,1H3. The Morgan fingerprint density at radius 2 is 2.07 bits per heavy atom. The summed E-state index contributed by atoms with van der Waals surface area (Å²) < 4.78 is 0. The molecule has 1 unspecified atom stereocenters. The third kappa shape index (κ3) is 2.58. The van der Waals surface area contributed by atoms with Gasteiger partial charge in [-0.05, 0) is 48.1 Å². The second kappa shape index (κ2) is 4.77. The molecule has 15 heavy (non-hydrogen) atoms. The predicted molar refractivity (Wildman–Crippen MR) is 65.6 cm³/mol. The molecule has 1 nitrogen and oxygen atoms in total. The molecule has 1 atom stereocenters. The molecular formula is C12H12ClNS. The summed E-state index contributed by atoms with van der Waals surface area (Å²) in [5, 5.41) is 2.17. The molecule has 0 aromatic carbocycles. The van der Waals surface area contributed by atoms with Crippen LogP contribution in [-0.2, 0) is 6.42 Å². The van der Waals surface area contributed by atoms with E-state index >= 15 is 0 Å². The number of hydrogen-bond acceptors (Lipinski definition) is 2. The minimum Gasteiger partial charge on any atom is -0.265 e. The molecule has 2 heterocycles. The Kier molecular flexibility index (Phi) is 3.39. The molecule has 0 bridgehead atoms. The highest BCUT2D eigenvalue weighted by Gasteiger charge is 2.12. The summed E-state index contributed by atoms with van der Waals surface area (Å²) in [5.74, 6) is 0. The summed E-state index contributed by atoms with van der Waals surface area (Å²) in [6.07, 6.45) is 4.48. The van der Waals surface area contributed by atoms with Crippen molar-refractivity contribution in [1.29, 1.82) is 0 Å². The highest BCUT2D eigenvalue weighted by Crippen LogP contribution is 2.31. The van der Waals surface area contributed by atoms with Gasteiger partial charge in [0.2, 0.25) is 0 Å². The molecule has 0 radical (unpaired) electrons. The fourth-order valence-electron chi connectivity index (χ4n) is 1.52. The van der Waals surface area contributed by atoms with Gasteiger partial charge in [0.05, 0.1) is 5.38 Å². The SMILES string of the molecule is Cc1ccsc1C(Cl)Cc1ccncc1. The van der Waals surface area contributed by atoms with Crippen molar-refractivity contribution in [1.82, 2.24) is 4.98 Å². The zero-order chi connectivity index (χ0) is 10.7. The van der Waals surface area contributed by atoms with E-state index in [2.05, 4.69) is 23.4 Å². The van der Waals surface area contributed by atoms with E-state index in [4.69, 9.17) is 11.6 Å². The quantitative estimate of drug-likeness (QED) is 0.736. The van der Waals surface area contributed by atoms with Crippen LogP contribution in [0, 0.1) is 6.92 Å². The summed E-state index contributed by atoms with van der Waals surface area (Å²) in [7, 11) is 0. The van der Waals surface area contributed by atoms with E-state index in [0.717, 1.165) is 6.42 Å². The summed E-state index contributed by atoms with van der Waals surface area (Å²) in [6, 6.07) is 6.14. The molecule has 0 aliphatic rings. The Morgan fingerprint density at radius 1 is 1.33 bits per heavy atom. The number of pyridine rings is 1. The molecule has 0 fully saturated rings. The number of aromatic nitrogens is 1. The normalized spacial score (nSPS) is 12.7. The van der Waals surface area contributed by atoms with Gasteiger partial charge in [-0.1, -0.05) is 0 Å². The molecule has 2 aromatic heterocycles. The smallest absolute Gasteiger partial charge is 0.0721 e. The molecule has 3 heteroatoms. The maximum Gasteiger partial charge on any atom is 0.0721 e. The number of alkyl halides is 1. The third-order valence-corrected chi connectivity index (χ3v) is 3.98. The molecule has 78 valence electrons. The lowest BCUT2D eigenvalue weighted by atomic mass is 10.1. The zero-order valence-electron chi connectivity index (χ0n) is 8.48. The van der Waals surface area contributed by atoms with Crippen molar-refractivity contribution in [2.24, 2.45) is 0 Å². The summed E-state index contributed by atoms with van der Waals surface area (Å²) in [5.41, 5.74) is 2.52. The Morgan fingerprint density at radius 3 is 2.67 bits per heavy atom. The average molecular weight is 238 g/mol. The van der Waals surface area contributed by atoms with Gasteiger partial charge < -0.3 is 0 Å². The van der Waals surface area contributed by atoms with Crippen molar-refractivity contribution in [2.45, 2.75) is 18.7 Å². The van der Waals surface area contributed by atoms with Crippen molar-refractivity contribution in [3.05, 3.63) is 52.0 Å². The van der Waals surface area contributed by atoms with Crippen LogP contribution in [0.1, 0.15) is 21.4 Å². The van der Waals surface area contributed by atoms with E-state index in [9.17, 15) is 0 Å². The largest absolute Gasteiger partial charge is 0.265 e. The van der Waals surface area contributed by atoms with Crippen LogP contribution < -0.4 is 0 Å². The average Bonchev–Trinajstić information content (AvgIpc) is 2.66. The lowest BCUT2D eigenvalue weighted by Gasteiger charge is -2.08. The van der Waals surface area contributed by atoms with Crippen molar-refractivity contribution < 1.29 is 0 Å². The second-order valence-electron chi connectivity index (χ2n) is 3.49. The molecule has 2 rings (SSSR count). The summed E-state index contributed by atoms with van der Waals surface area (Å²) in [4.78, 5) is 5.26. The number of nitrogens with zero attached hydrogens (tertiary/aromatic N) is 1. The fourth-order valence-corrected chi connectivity index (χ4v) is 2.93. The number of hydrogen-bond donors (Lipinski definition) is 0. The van der Waals surface area contributed by atoms with Crippen LogP contribution >= 0.6 is 22.9 Å². The number of aryl methyl sites for hydroxylation is 1. The van der Waals surface area contributed by atoms with Crippen LogP contribution in [0.25, 0.3) is 0 Å². The van der Waals surface area contributed by atoms with Gasteiger partial charge in [0.1, 0.15) is 0 Å². The number of rotatable bonds is 3. The topological polar surface area (TPSA) is 12.9 Å². The van der Waals surface area contributed by atoms with Gasteiger partial charge in [-0.15, -0.1) is 22.9 Å². The Bertz CT molecular complexity index is 424. The highest BCUT2D eigenvalue weighted by molar-refractivity contribution is 7.10. The lowest BCUT2D eigenvalue weighted by molar-refractivity contribution is 0.928. The van der Waals surface area contributed by atoms with Crippen molar-refractivity contribution in [3.8, 4) is 0 Å². The number of halogens is 1. The molecular weight excluding hydrogens is 226 g/mol. The Labute approximate surface area is 98.7 Å². The van der Waals surface area contributed by atoms with Gasteiger partial charge in [0.25, 0.3) is 0 Å². The first-order chi connectivity index (χ1) is 7.27. The molecule has 0 saturated heterocycles. The van der Waals surface area contributed by atoms with E-state index in [0.29, 0.717) is 0 Å². The van der Waals surface area contributed by atoms with Gasteiger partial charge in [0, 0.05) is 17.3 Å². The predicted octanol–water partition coefficient (Wildman–Crippen LogP) is 3.97. The van der Waals surface area contributed by atoms with Gasteiger partial charge in [-0.2, -0.15) is 0 Å². The van der Waals surface area contributed by atoms with Crippen molar-refractivity contribution in [3.63, 3.8) is 0 Å². The van der Waals surface area contributed by atoms with Gasteiger partial charge >= 0.3 is 0 Å². The van der Waals surface area contributed by atoms with Gasteiger partial charge in [0.15, 0.2) is 0 Å². The van der Waals surface area contributed by atoms with Gasteiger partial charge in [-0.3, -0.25) is 4.98 Å². The molecule has 0 saturated carbocycles. The Hall–Kier alpha value is -0.860. The van der Waals surface area contributed by atoms with E-state index in [1.54, 1.807) is 23.7 Å².